The first-order valence-electron chi connectivity index (χ1n) is 41.8. The fourth-order valence-corrected chi connectivity index (χ4v) is 15.5. The normalized spacial score (nSPS) is 11.0. The molecule has 126 heavy (non-hydrogen) atoms. The lowest BCUT2D eigenvalue weighted by atomic mass is 9.97. The second-order valence-corrected chi connectivity index (χ2v) is 30.4. The van der Waals surface area contributed by atoms with E-state index in [0.29, 0.717) is 69.9 Å². The second-order valence-electron chi connectivity index (χ2n) is 30.4. The standard InChI is InChI=1S/C60H40N6.C54H36N6/c1-5-17-41(18-6-1)42-33-35-43(36-34-42)47-25-14-30-52(38-47)59-64-57(46-23-11-4-12-24-46)65-60(66-59)54-32-16-29-51(40-54)49-27-13-26-48(37-49)50-28-15-31-53(39-50)58-62-55(44-19-7-2-8-20-44)61-56(63-58)45-21-9-3-10-22-45;1-5-16-37(17-6-1)38-30-32-39(33-31-38)43-24-13-27-46(34-43)53-58-51(42-22-11-4-12-23-42)59-54(60-53)48-29-15-26-45(36-48)44-25-14-28-47(35-44)52-56-49(40-18-7-2-8-19-40)55-50(57-52)41-20-9-3-10-21-41/h1-40H;1-36H. The highest BCUT2D eigenvalue weighted by Crippen LogP contribution is 2.38. The minimum atomic E-state index is 0.590. The van der Waals surface area contributed by atoms with Crippen LogP contribution in [-0.4, -0.2) is 59.8 Å². The fraction of sp³-hybridized carbons (Fsp3) is 0. The number of benzene rings is 17. The highest BCUT2D eigenvalue weighted by atomic mass is 15.1. The zero-order valence-corrected chi connectivity index (χ0v) is 68.2. The van der Waals surface area contributed by atoms with E-state index in [-0.39, 0.29) is 0 Å². The van der Waals surface area contributed by atoms with Crippen LogP contribution in [0.25, 0.3) is 215 Å². The van der Waals surface area contributed by atoms with Crippen molar-refractivity contribution < 1.29 is 0 Å². The van der Waals surface area contributed by atoms with Gasteiger partial charge < -0.3 is 0 Å². The van der Waals surface area contributed by atoms with Crippen LogP contribution in [-0.2, 0) is 0 Å². The number of hydrogen-bond donors (Lipinski definition) is 0. The molecule has 0 atom stereocenters. The summed E-state index contributed by atoms with van der Waals surface area (Å²) in [7, 11) is 0. The molecule has 0 radical (unpaired) electrons. The van der Waals surface area contributed by atoms with Crippen molar-refractivity contribution in [2.45, 2.75) is 0 Å². The number of nitrogens with zero attached hydrogens (tertiary/aromatic N) is 12. The van der Waals surface area contributed by atoms with Gasteiger partial charge in [-0.05, 0) is 120 Å². The Morgan fingerprint density at radius 3 is 0.325 bits per heavy atom. The second kappa shape index (κ2) is 36.0. The summed E-state index contributed by atoms with van der Waals surface area (Å²) < 4.78 is 0. The molecule has 0 amide bonds. The zero-order chi connectivity index (χ0) is 84.2. The summed E-state index contributed by atoms with van der Waals surface area (Å²) in [5.74, 6) is 7.36. The van der Waals surface area contributed by atoms with Crippen LogP contribution in [0, 0.1) is 0 Å². The summed E-state index contributed by atoms with van der Waals surface area (Å²) in [6, 6.07) is 157. The maximum atomic E-state index is 5.14. The first-order chi connectivity index (χ1) is 62.4. The molecule has 4 aromatic heterocycles. The topological polar surface area (TPSA) is 155 Å². The van der Waals surface area contributed by atoms with Crippen molar-refractivity contribution in [2.24, 2.45) is 0 Å². The van der Waals surface area contributed by atoms with Gasteiger partial charge in [0.1, 0.15) is 0 Å². The summed E-state index contributed by atoms with van der Waals surface area (Å²) in [6.45, 7) is 0. The van der Waals surface area contributed by atoms with Gasteiger partial charge in [-0.25, -0.2) is 59.8 Å². The highest BCUT2D eigenvalue weighted by molar-refractivity contribution is 5.83. The molecule has 0 bridgehead atoms. The number of rotatable bonds is 19. The zero-order valence-electron chi connectivity index (χ0n) is 68.2. The van der Waals surface area contributed by atoms with Crippen molar-refractivity contribution in [1.29, 1.82) is 0 Å². The van der Waals surface area contributed by atoms with Crippen molar-refractivity contribution in [1.82, 2.24) is 59.8 Å². The molecule has 0 aliphatic carbocycles. The summed E-state index contributed by atoms with van der Waals surface area (Å²) in [5.41, 5.74) is 26.4. The SMILES string of the molecule is c1ccc(-c2ccc(-c3cccc(-c4nc(-c5ccccc5)nc(-c5cccc(-c6cccc(-c7cccc(-c8nc(-c9ccccc9)nc(-c9ccccc9)n8)c7)c6)c5)n4)c3)cc2)cc1.c1ccc(-c2ccc(-c3cccc(-c4nc(-c5ccccc5)nc(-c5cccc(-c6cccc(-c7nc(-c8ccccc8)nc(-c8ccccc8)n7)c6)c5)n4)c3)cc2)cc1. The van der Waals surface area contributed by atoms with Gasteiger partial charge in [-0.2, -0.15) is 0 Å². The summed E-state index contributed by atoms with van der Waals surface area (Å²) in [6.07, 6.45) is 0. The molecule has 0 unspecified atom stereocenters. The Kier molecular flexibility index (Phi) is 22.1. The van der Waals surface area contributed by atoms with E-state index in [1.165, 1.54) is 22.3 Å². The van der Waals surface area contributed by atoms with Crippen LogP contribution in [0.3, 0.4) is 0 Å². The maximum Gasteiger partial charge on any atom is 0.164 e. The van der Waals surface area contributed by atoms with Crippen LogP contribution in [0.1, 0.15) is 0 Å². The lowest BCUT2D eigenvalue weighted by molar-refractivity contribution is 1.07. The average molecular weight is 1610 g/mol. The Hall–Kier alpha value is -17.2. The Morgan fingerprint density at radius 1 is 0.0714 bits per heavy atom. The molecule has 0 spiro atoms. The maximum absolute atomic E-state index is 5.14. The van der Waals surface area contributed by atoms with E-state index in [1.807, 2.05) is 212 Å². The van der Waals surface area contributed by atoms with Crippen molar-refractivity contribution in [3.63, 3.8) is 0 Å². The van der Waals surface area contributed by atoms with Gasteiger partial charge in [-0.1, -0.05) is 419 Å². The fourth-order valence-electron chi connectivity index (χ4n) is 15.5. The Balaban J connectivity index is 0.000000160. The molecule has 0 N–H and O–H groups in total. The van der Waals surface area contributed by atoms with Gasteiger partial charge in [0.05, 0.1) is 0 Å². The molecule has 0 saturated heterocycles. The van der Waals surface area contributed by atoms with Gasteiger partial charge >= 0.3 is 0 Å². The van der Waals surface area contributed by atoms with Crippen molar-refractivity contribution >= 4 is 0 Å². The van der Waals surface area contributed by atoms with Gasteiger partial charge in [-0.15, -0.1) is 0 Å². The van der Waals surface area contributed by atoms with Gasteiger partial charge in [-0.3, -0.25) is 0 Å². The molecule has 21 rings (SSSR count). The van der Waals surface area contributed by atoms with Crippen LogP contribution < -0.4 is 0 Å². The van der Waals surface area contributed by atoms with Crippen LogP contribution >= 0.6 is 0 Å². The Morgan fingerprint density at radius 2 is 0.167 bits per heavy atom. The quantitative estimate of drug-likeness (QED) is 0.0757. The predicted octanol–water partition coefficient (Wildman–Crippen LogP) is 27.8. The minimum Gasteiger partial charge on any atom is -0.208 e. The van der Waals surface area contributed by atoms with Crippen LogP contribution in [0.5, 0.6) is 0 Å². The first-order valence-corrected chi connectivity index (χ1v) is 41.8. The molecule has 12 nitrogen and oxygen atoms in total. The molecule has 592 valence electrons. The molecule has 17 aromatic carbocycles. The molecule has 0 aliphatic heterocycles. The van der Waals surface area contributed by atoms with E-state index in [1.54, 1.807) is 0 Å². The lowest BCUT2D eigenvalue weighted by Crippen LogP contribution is -2.00. The van der Waals surface area contributed by atoms with E-state index in [4.69, 9.17) is 59.8 Å². The highest BCUT2D eigenvalue weighted by Gasteiger charge is 2.21. The van der Waals surface area contributed by atoms with E-state index in [9.17, 15) is 0 Å². The third kappa shape index (κ3) is 17.6. The van der Waals surface area contributed by atoms with Crippen molar-refractivity contribution in [3.05, 3.63) is 461 Å². The van der Waals surface area contributed by atoms with Crippen molar-refractivity contribution in [2.75, 3.05) is 0 Å². The first kappa shape index (κ1) is 77.4. The lowest BCUT2D eigenvalue weighted by Gasteiger charge is -2.12. The monoisotopic (exact) mass is 1610 g/mol. The van der Waals surface area contributed by atoms with Crippen LogP contribution in [0.2, 0.25) is 0 Å². The van der Waals surface area contributed by atoms with E-state index >= 15 is 0 Å². The molecular formula is C114H76N12. The van der Waals surface area contributed by atoms with Crippen molar-refractivity contribution in [3.8, 4) is 215 Å². The smallest absolute Gasteiger partial charge is 0.164 e. The van der Waals surface area contributed by atoms with E-state index in [2.05, 4.69) is 249 Å². The molecule has 21 aromatic rings. The van der Waals surface area contributed by atoms with Gasteiger partial charge in [0.15, 0.2) is 69.9 Å². The third-order valence-corrected chi connectivity index (χ3v) is 22.0. The predicted molar refractivity (Wildman–Crippen MR) is 510 cm³/mol. The number of aromatic nitrogens is 12. The Bertz CT molecular complexity index is 7290. The largest absolute Gasteiger partial charge is 0.208 e. The van der Waals surface area contributed by atoms with Gasteiger partial charge in [0, 0.05) is 66.8 Å². The molecule has 0 fully saturated rings. The van der Waals surface area contributed by atoms with Crippen LogP contribution in [0.15, 0.2) is 461 Å². The summed E-state index contributed by atoms with van der Waals surface area (Å²) in [5, 5.41) is 0. The molecule has 0 saturated carbocycles. The third-order valence-electron chi connectivity index (χ3n) is 22.0. The molecule has 4 heterocycles. The summed E-state index contributed by atoms with van der Waals surface area (Å²) in [4.78, 5) is 60.1. The molecule has 0 aliphatic rings. The molecule has 12 heteroatoms. The van der Waals surface area contributed by atoms with Crippen LogP contribution in [0.4, 0.5) is 0 Å². The van der Waals surface area contributed by atoms with E-state index in [0.717, 1.165) is 122 Å². The summed E-state index contributed by atoms with van der Waals surface area (Å²) >= 11 is 0. The molecular weight excluding hydrogens is 1540 g/mol. The average Bonchev–Trinajstić information content (AvgIpc) is 0.796. The minimum absolute atomic E-state index is 0.590. The van der Waals surface area contributed by atoms with Gasteiger partial charge in [0.25, 0.3) is 0 Å². The Labute approximate surface area is 730 Å². The van der Waals surface area contributed by atoms with E-state index < -0.39 is 0 Å². The van der Waals surface area contributed by atoms with Gasteiger partial charge in [0.2, 0.25) is 0 Å². The number of hydrogen-bond acceptors (Lipinski definition) is 12.